The second kappa shape index (κ2) is 8.95. The highest BCUT2D eigenvalue weighted by Gasteiger charge is 2.23. The fourth-order valence-electron chi connectivity index (χ4n) is 3.19. The Kier molecular flexibility index (Phi) is 6.38. The number of nitrogens with zero attached hydrogens (tertiary/aromatic N) is 2. The number of aromatic nitrogens is 1. The fraction of sp³-hybridized carbons (Fsp3) is 0.286. The van der Waals surface area contributed by atoms with E-state index in [1.54, 1.807) is 5.57 Å². The molecule has 1 aliphatic heterocycles. The summed E-state index contributed by atoms with van der Waals surface area (Å²) < 4.78 is 0. The zero-order valence-corrected chi connectivity index (χ0v) is 16.4. The number of hydrogen-bond donors (Lipinski definition) is 2. The fourth-order valence-corrected chi connectivity index (χ4v) is 4.35. The standard InChI is InChI=1S/C17H18N2S.C4H4O4/c1-19-8-6-12(7-9-19)10-16-18-17-14-5-3-2-4-13(14)11-15(17)20-16;5-3(6)1-2-4(7)8/h2-6H,7-11H2,1H3;1-2H,(H,5,6)(H,7,8). The molecule has 0 amide bonds. The van der Waals surface area contributed by atoms with Crippen molar-refractivity contribution in [3.8, 4) is 11.3 Å². The lowest BCUT2D eigenvalue weighted by molar-refractivity contribution is -0.134. The van der Waals surface area contributed by atoms with Crippen molar-refractivity contribution >= 4 is 23.3 Å². The third-order valence-electron chi connectivity index (χ3n) is 4.62. The van der Waals surface area contributed by atoms with E-state index in [1.807, 2.05) is 11.3 Å². The van der Waals surface area contributed by atoms with Gasteiger partial charge in [0.25, 0.3) is 0 Å². The maximum atomic E-state index is 9.55. The van der Waals surface area contributed by atoms with Gasteiger partial charge in [-0.2, -0.15) is 0 Å². The zero-order valence-electron chi connectivity index (χ0n) is 15.6. The van der Waals surface area contributed by atoms with Crippen LogP contribution < -0.4 is 0 Å². The number of likely N-dealkylation sites (N-methyl/N-ethyl adjacent to an activating group) is 1. The Balaban J connectivity index is 0.000000242. The van der Waals surface area contributed by atoms with Crippen LogP contribution in [-0.4, -0.2) is 52.2 Å². The molecule has 0 bridgehead atoms. The summed E-state index contributed by atoms with van der Waals surface area (Å²) in [7, 11) is 2.18. The minimum absolute atomic E-state index is 0.558. The molecule has 0 saturated heterocycles. The lowest BCUT2D eigenvalue weighted by atomic mass is 10.1. The van der Waals surface area contributed by atoms with Crippen molar-refractivity contribution < 1.29 is 19.8 Å². The molecule has 28 heavy (non-hydrogen) atoms. The smallest absolute Gasteiger partial charge is 0.328 e. The van der Waals surface area contributed by atoms with Crippen molar-refractivity contribution in [2.75, 3.05) is 20.1 Å². The molecule has 146 valence electrons. The normalized spacial score (nSPS) is 15.4. The van der Waals surface area contributed by atoms with Crippen molar-refractivity contribution in [1.82, 2.24) is 9.88 Å². The van der Waals surface area contributed by atoms with Crippen LogP contribution in [0.15, 0.2) is 48.1 Å². The maximum Gasteiger partial charge on any atom is 0.328 e. The van der Waals surface area contributed by atoms with E-state index in [1.165, 1.54) is 39.7 Å². The molecule has 0 fully saturated rings. The molecule has 0 unspecified atom stereocenters. The van der Waals surface area contributed by atoms with Crippen LogP contribution in [-0.2, 0) is 22.4 Å². The minimum Gasteiger partial charge on any atom is -0.478 e. The number of benzene rings is 1. The predicted molar refractivity (Wildman–Crippen MR) is 109 cm³/mol. The quantitative estimate of drug-likeness (QED) is 0.518. The molecule has 6 nitrogen and oxygen atoms in total. The number of carboxylic acid groups (broad SMARTS) is 2. The summed E-state index contributed by atoms with van der Waals surface area (Å²) in [5.41, 5.74) is 5.59. The lowest BCUT2D eigenvalue weighted by Crippen LogP contribution is -2.24. The van der Waals surface area contributed by atoms with Crippen molar-refractivity contribution in [2.45, 2.75) is 19.3 Å². The number of aliphatic carboxylic acids is 2. The van der Waals surface area contributed by atoms with Gasteiger partial charge >= 0.3 is 11.9 Å². The topological polar surface area (TPSA) is 90.7 Å². The van der Waals surface area contributed by atoms with Crippen LogP contribution in [0.2, 0.25) is 0 Å². The Bertz CT molecular complexity index is 930. The van der Waals surface area contributed by atoms with Crippen LogP contribution in [0.4, 0.5) is 0 Å². The van der Waals surface area contributed by atoms with E-state index in [9.17, 15) is 9.59 Å². The van der Waals surface area contributed by atoms with Gasteiger partial charge in [0.2, 0.25) is 0 Å². The molecule has 0 saturated carbocycles. The number of thiazole rings is 1. The molecular weight excluding hydrogens is 376 g/mol. The summed E-state index contributed by atoms with van der Waals surface area (Å²) in [4.78, 5) is 27.8. The molecule has 1 aromatic carbocycles. The molecule has 1 aromatic heterocycles. The van der Waals surface area contributed by atoms with Gasteiger partial charge in [0.15, 0.2) is 0 Å². The highest BCUT2D eigenvalue weighted by atomic mass is 32.1. The maximum absolute atomic E-state index is 9.55. The average Bonchev–Trinajstić information content (AvgIpc) is 3.20. The Morgan fingerprint density at radius 2 is 1.93 bits per heavy atom. The molecule has 2 N–H and O–H groups in total. The van der Waals surface area contributed by atoms with E-state index in [2.05, 4.69) is 42.3 Å². The van der Waals surface area contributed by atoms with Gasteiger partial charge in [-0.3, -0.25) is 0 Å². The van der Waals surface area contributed by atoms with Crippen LogP contribution in [0.5, 0.6) is 0 Å². The van der Waals surface area contributed by atoms with Gasteiger partial charge in [0.1, 0.15) is 0 Å². The molecule has 0 atom stereocenters. The lowest BCUT2D eigenvalue weighted by Gasteiger charge is -2.21. The molecule has 7 heteroatoms. The van der Waals surface area contributed by atoms with Gasteiger partial charge in [-0.05, 0) is 19.0 Å². The summed E-state index contributed by atoms with van der Waals surface area (Å²) in [6, 6.07) is 8.68. The SMILES string of the molecule is CN1CC=C(Cc2nc3c(s2)Cc2ccccc2-3)CC1.O=C(O)C=CC(=O)O. The van der Waals surface area contributed by atoms with Gasteiger partial charge < -0.3 is 15.1 Å². The Morgan fingerprint density at radius 1 is 1.21 bits per heavy atom. The Labute approximate surface area is 167 Å². The van der Waals surface area contributed by atoms with E-state index < -0.39 is 11.9 Å². The summed E-state index contributed by atoms with van der Waals surface area (Å²) in [5.74, 6) is -2.51. The van der Waals surface area contributed by atoms with Crippen LogP contribution in [0.1, 0.15) is 21.9 Å². The molecule has 0 spiro atoms. The van der Waals surface area contributed by atoms with Gasteiger partial charge in [0, 0.05) is 48.5 Å². The number of carboxylic acids is 2. The molecule has 2 aliphatic rings. The van der Waals surface area contributed by atoms with E-state index in [-0.39, 0.29) is 0 Å². The second-order valence-corrected chi connectivity index (χ2v) is 7.94. The number of rotatable bonds is 4. The van der Waals surface area contributed by atoms with Crippen LogP contribution in [0.3, 0.4) is 0 Å². The van der Waals surface area contributed by atoms with Gasteiger partial charge in [-0.1, -0.05) is 35.9 Å². The first-order valence-electron chi connectivity index (χ1n) is 8.99. The van der Waals surface area contributed by atoms with E-state index in [0.29, 0.717) is 12.2 Å². The average molecular weight is 398 g/mol. The summed E-state index contributed by atoms with van der Waals surface area (Å²) >= 11 is 1.91. The summed E-state index contributed by atoms with van der Waals surface area (Å²) in [6.07, 6.45) is 6.81. The molecule has 2 aromatic rings. The first-order valence-corrected chi connectivity index (χ1v) is 9.81. The van der Waals surface area contributed by atoms with E-state index >= 15 is 0 Å². The predicted octanol–water partition coefficient (Wildman–Crippen LogP) is 3.23. The molecular formula is C21H22N2O4S. The first kappa shape index (κ1) is 20.0. The van der Waals surface area contributed by atoms with E-state index in [0.717, 1.165) is 19.4 Å². The largest absolute Gasteiger partial charge is 0.478 e. The summed E-state index contributed by atoms with van der Waals surface area (Å²) in [5, 5.41) is 16.9. The van der Waals surface area contributed by atoms with E-state index in [4.69, 9.17) is 15.2 Å². The third-order valence-corrected chi connectivity index (χ3v) is 5.67. The summed E-state index contributed by atoms with van der Waals surface area (Å²) in [6.45, 7) is 2.27. The van der Waals surface area contributed by atoms with Crippen LogP contribution >= 0.6 is 11.3 Å². The number of fused-ring (bicyclic) bond motifs is 3. The number of hydrogen-bond acceptors (Lipinski definition) is 5. The highest BCUT2D eigenvalue weighted by Crippen LogP contribution is 2.39. The third kappa shape index (κ3) is 5.15. The molecule has 4 rings (SSSR count). The van der Waals surface area contributed by atoms with Crippen molar-refractivity contribution in [1.29, 1.82) is 0 Å². The van der Waals surface area contributed by atoms with Crippen molar-refractivity contribution in [3.05, 3.63) is 63.5 Å². The van der Waals surface area contributed by atoms with Gasteiger partial charge in [-0.25, -0.2) is 14.6 Å². The zero-order chi connectivity index (χ0) is 20.1. The van der Waals surface area contributed by atoms with Gasteiger partial charge in [-0.15, -0.1) is 11.3 Å². The Morgan fingerprint density at radius 3 is 2.57 bits per heavy atom. The van der Waals surface area contributed by atoms with Crippen LogP contribution in [0.25, 0.3) is 11.3 Å². The second-order valence-electron chi connectivity index (χ2n) is 6.77. The molecule has 0 radical (unpaired) electrons. The minimum atomic E-state index is -1.26. The Hall–Kier alpha value is -2.77. The first-order chi connectivity index (χ1) is 13.4. The highest BCUT2D eigenvalue weighted by molar-refractivity contribution is 7.12. The molecule has 1 aliphatic carbocycles. The molecule has 2 heterocycles. The van der Waals surface area contributed by atoms with Crippen molar-refractivity contribution in [2.24, 2.45) is 0 Å². The van der Waals surface area contributed by atoms with Crippen LogP contribution in [0, 0.1) is 0 Å². The van der Waals surface area contributed by atoms with Gasteiger partial charge in [0.05, 0.1) is 10.7 Å². The number of carbonyl (C=O) groups is 2. The monoisotopic (exact) mass is 398 g/mol. The van der Waals surface area contributed by atoms with Crippen molar-refractivity contribution in [3.63, 3.8) is 0 Å².